The van der Waals surface area contributed by atoms with Crippen LogP contribution in [0.4, 0.5) is 0 Å². The fraction of sp³-hybridized carbons (Fsp3) is 0.222. The first-order valence-corrected chi connectivity index (χ1v) is 7.54. The molecule has 0 bridgehead atoms. The van der Waals surface area contributed by atoms with Crippen molar-refractivity contribution >= 4 is 17.0 Å². The summed E-state index contributed by atoms with van der Waals surface area (Å²) in [6.07, 6.45) is -0.587. The highest BCUT2D eigenvalue weighted by atomic mass is 16.5. The molecule has 0 fully saturated rings. The molecule has 5 heteroatoms. The molecular weight excluding hydrogens is 292 g/mol. The molecule has 0 radical (unpaired) electrons. The second-order valence-electron chi connectivity index (χ2n) is 5.27. The van der Waals surface area contributed by atoms with Crippen LogP contribution in [-0.2, 0) is 16.0 Å². The fourth-order valence-electron chi connectivity index (χ4n) is 2.49. The quantitative estimate of drug-likeness (QED) is 0.711. The number of carbonyl (C=O) groups is 1. The van der Waals surface area contributed by atoms with E-state index in [2.05, 4.69) is 9.97 Å². The summed E-state index contributed by atoms with van der Waals surface area (Å²) in [6.45, 7) is 2.16. The Morgan fingerprint density at radius 3 is 2.78 bits per heavy atom. The van der Waals surface area contributed by atoms with Crippen molar-refractivity contribution in [3.63, 3.8) is 0 Å². The number of aromatic amines is 1. The molecule has 1 heterocycles. The maximum absolute atomic E-state index is 11.6. The Morgan fingerprint density at radius 1 is 1.26 bits per heavy atom. The molecular formula is C18H18N2O3. The Balaban J connectivity index is 1.86. The summed E-state index contributed by atoms with van der Waals surface area (Å²) in [5, 5.41) is 10.4. The number of rotatable bonds is 5. The van der Waals surface area contributed by atoms with Crippen molar-refractivity contribution in [2.45, 2.75) is 19.4 Å². The standard InChI is InChI=1S/C18H18N2O3/c1-2-23-16(21)11-12-8-9-14-15(10-12)20-18(19-14)17(22)13-6-4-3-5-7-13/h3-10,17,22H,2,11H2,1H3,(H,19,20). The lowest BCUT2D eigenvalue weighted by Crippen LogP contribution is -2.07. The Kier molecular flexibility index (Phi) is 4.39. The number of esters is 1. The molecule has 2 N–H and O–H groups in total. The van der Waals surface area contributed by atoms with Crippen LogP contribution in [0.3, 0.4) is 0 Å². The van der Waals surface area contributed by atoms with Gasteiger partial charge in [0.15, 0.2) is 0 Å². The van der Waals surface area contributed by atoms with E-state index in [0.29, 0.717) is 12.4 Å². The number of hydrogen-bond donors (Lipinski definition) is 2. The van der Waals surface area contributed by atoms with Gasteiger partial charge in [-0.25, -0.2) is 4.98 Å². The van der Waals surface area contributed by atoms with Gasteiger partial charge in [-0.1, -0.05) is 36.4 Å². The second kappa shape index (κ2) is 6.62. The minimum absolute atomic E-state index is 0.222. The molecule has 23 heavy (non-hydrogen) atoms. The van der Waals surface area contributed by atoms with Crippen LogP contribution in [-0.4, -0.2) is 27.7 Å². The van der Waals surface area contributed by atoms with Gasteiger partial charge >= 0.3 is 5.97 Å². The normalized spacial score (nSPS) is 12.3. The van der Waals surface area contributed by atoms with Gasteiger partial charge in [-0.2, -0.15) is 0 Å². The Labute approximate surface area is 133 Å². The van der Waals surface area contributed by atoms with Crippen LogP contribution in [0.5, 0.6) is 0 Å². The number of aliphatic hydroxyl groups is 1. The predicted octanol–water partition coefficient (Wildman–Crippen LogP) is 2.75. The van der Waals surface area contributed by atoms with E-state index in [4.69, 9.17) is 4.74 Å². The average molecular weight is 310 g/mol. The van der Waals surface area contributed by atoms with E-state index in [1.54, 1.807) is 6.92 Å². The summed E-state index contributed by atoms with van der Waals surface area (Å²) in [5.41, 5.74) is 3.16. The molecule has 1 aromatic heterocycles. The molecule has 2 aromatic carbocycles. The summed E-state index contributed by atoms with van der Waals surface area (Å²) in [5.74, 6) is 0.232. The SMILES string of the molecule is CCOC(=O)Cc1ccc2nc(C(O)c3ccccc3)[nH]c2c1. The van der Waals surface area contributed by atoms with E-state index in [1.807, 2.05) is 48.5 Å². The monoisotopic (exact) mass is 310 g/mol. The van der Waals surface area contributed by atoms with E-state index >= 15 is 0 Å². The molecule has 1 unspecified atom stereocenters. The van der Waals surface area contributed by atoms with E-state index in [0.717, 1.165) is 22.2 Å². The van der Waals surface area contributed by atoms with E-state index in [9.17, 15) is 9.90 Å². The lowest BCUT2D eigenvalue weighted by Gasteiger charge is -2.06. The van der Waals surface area contributed by atoms with Crippen LogP contribution in [0.1, 0.15) is 30.0 Å². The van der Waals surface area contributed by atoms with Crippen molar-refractivity contribution in [1.29, 1.82) is 0 Å². The number of aliphatic hydroxyl groups excluding tert-OH is 1. The van der Waals surface area contributed by atoms with Crippen molar-refractivity contribution in [3.05, 3.63) is 65.5 Å². The molecule has 118 valence electrons. The molecule has 0 spiro atoms. The molecule has 0 aliphatic heterocycles. The van der Waals surface area contributed by atoms with Gasteiger partial charge in [0.1, 0.15) is 11.9 Å². The molecule has 0 amide bonds. The molecule has 0 aliphatic carbocycles. The first-order chi connectivity index (χ1) is 11.2. The van der Waals surface area contributed by atoms with Crippen molar-refractivity contribution in [1.82, 2.24) is 9.97 Å². The second-order valence-corrected chi connectivity index (χ2v) is 5.27. The van der Waals surface area contributed by atoms with Crippen molar-refractivity contribution in [3.8, 4) is 0 Å². The van der Waals surface area contributed by atoms with Gasteiger partial charge in [0.05, 0.1) is 24.1 Å². The lowest BCUT2D eigenvalue weighted by molar-refractivity contribution is -0.142. The van der Waals surface area contributed by atoms with Gasteiger partial charge in [0.2, 0.25) is 0 Å². The summed E-state index contributed by atoms with van der Waals surface area (Å²) >= 11 is 0. The Hall–Kier alpha value is -2.66. The number of nitrogens with zero attached hydrogens (tertiary/aromatic N) is 1. The molecule has 0 saturated heterocycles. The third-order valence-corrected chi connectivity index (χ3v) is 3.59. The first-order valence-electron chi connectivity index (χ1n) is 7.54. The van der Waals surface area contributed by atoms with E-state index in [-0.39, 0.29) is 12.4 Å². The van der Waals surface area contributed by atoms with Crippen LogP contribution in [0, 0.1) is 0 Å². The summed E-state index contributed by atoms with van der Waals surface area (Å²) in [6, 6.07) is 14.9. The zero-order valence-electron chi connectivity index (χ0n) is 12.8. The molecule has 1 atom stereocenters. The van der Waals surface area contributed by atoms with Gasteiger partial charge in [-0.3, -0.25) is 4.79 Å². The van der Waals surface area contributed by atoms with Crippen LogP contribution in [0.2, 0.25) is 0 Å². The summed E-state index contributed by atoms with van der Waals surface area (Å²) in [7, 11) is 0. The maximum Gasteiger partial charge on any atom is 0.310 e. The largest absolute Gasteiger partial charge is 0.466 e. The zero-order chi connectivity index (χ0) is 16.2. The van der Waals surface area contributed by atoms with Crippen LogP contribution >= 0.6 is 0 Å². The van der Waals surface area contributed by atoms with E-state index in [1.165, 1.54) is 0 Å². The Morgan fingerprint density at radius 2 is 2.04 bits per heavy atom. The minimum atomic E-state index is -0.808. The van der Waals surface area contributed by atoms with Crippen molar-refractivity contribution < 1.29 is 14.6 Å². The minimum Gasteiger partial charge on any atom is -0.466 e. The van der Waals surface area contributed by atoms with E-state index < -0.39 is 6.10 Å². The van der Waals surface area contributed by atoms with Crippen LogP contribution < -0.4 is 0 Å². The Bertz CT molecular complexity index is 812. The fourth-order valence-corrected chi connectivity index (χ4v) is 2.49. The third kappa shape index (κ3) is 3.40. The van der Waals surface area contributed by atoms with Gasteiger partial charge in [-0.15, -0.1) is 0 Å². The highest BCUT2D eigenvalue weighted by molar-refractivity contribution is 5.79. The average Bonchev–Trinajstić information content (AvgIpc) is 2.98. The van der Waals surface area contributed by atoms with Crippen molar-refractivity contribution in [2.24, 2.45) is 0 Å². The van der Waals surface area contributed by atoms with Gasteiger partial charge < -0.3 is 14.8 Å². The molecule has 0 saturated carbocycles. The van der Waals surface area contributed by atoms with Gasteiger partial charge in [0, 0.05) is 0 Å². The molecule has 0 aliphatic rings. The molecule has 3 aromatic rings. The van der Waals surface area contributed by atoms with Crippen LogP contribution in [0.25, 0.3) is 11.0 Å². The first kappa shape index (κ1) is 15.2. The highest BCUT2D eigenvalue weighted by Gasteiger charge is 2.15. The summed E-state index contributed by atoms with van der Waals surface area (Å²) in [4.78, 5) is 19.1. The van der Waals surface area contributed by atoms with Crippen molar-refractivity contribution in [2.75, 3.05) is 6.61 Å². The number of ether oxygens (including phenoxy) is 1. The zero-order valence-corrected chi connectivity index (χ0v) is 12.8. The number of hydrogen-bond acceptors (Lipinski definition) is 4. The molecule has 3 rings (SSSR count). The number of aromatic nitrogens is 2. The topological polar surface area (TPSA) is 75.2 Å². The summed E-state index contributed by atoms with van der Waals surface area (Å²) < 4.78 is 4.95. The number of nitrogens with one attached hydrogen (secondary N) is 1. The van der Waals surface area contributed by atoms with Gasteiger partial charge in [-0.05, 0) is 30.2 Å². The smallest absolute Gasteiger partial charge is 0.310 e. The highest BCUT2D eigenvalue weighted by Crippen LogP contribution is 2.22. The lowest BCUT2D eigenvalue weighted by atomic mass is 10.1. The van der Waals surface area contributed by atoms with Crippen LogP contribution in [0.15, 0.2) is 48.5 Å². The third-order valence-electron chi connectivity index (χ3n) is 3.59. The number of imidazole rings is 1. The van der Waals surface area contributed by atoms with Gasteiger partial charge in [0.25, 0.3) is 0 Å². The number of carbonyl (C=O) groups excluding carboxylic acids is 1. The number of benzene rings is 2. The predicted molar refractivity (Wildman–Crippen MR) is 86.9 cm³/mol. The number of H-pyrrole nitrogens is 1. The number of fused-ring (bicyclic) bond motifs is 1. The molecule has 5 nitrogen and oxygen atoms in total. The maximum atomic E-state index is 11.6.